The van der Waals surface area contributed by atoms with Gasteiger partial charge in [0.05, 0.1) is 15.8 Å². The van der Waals surface area contributed by atoms with Crippen LogP contribution in [0.25, 0.3) is 0 Å². The molecule has 0 saturated carbocycles. The van der Waals surface area contributed by atoms with Crippen molar-refractivity contribution in [2.75, 3.05) is 5.33 Å². The number of benzene rings is 1. The summed E-state index contributed by atoms with van der Waals surface area (Å²) in [6.07, 6.45) is 0. The van der Waals surface area contributed by atoms with Gasteiger partial charge in [-0.25, -0.2) is 0 Å². The number of rotatable bonds is 3. The van der Waals surface area contributed by atoms with Crippen molar-refractivity contribution >= 4 is 43.3 Å². The van der Waals surface area contributed by atoms with E-state index in [0.29, 0.717) is 10.0 Å². The van der Waals surface area contributed by atoms with E-state index in [2.05, 4.69) is 31.9 Å². The zero-order chi connectivity index (χ0) is 11.6. The van der Waals surface area contributed by atoms with E-state index >= 15 is 0 Å². The van der Waals surface area contributed by atoms with E-state index in [1.807, 2.05) is 0 Å². The van der Waals surface area contributed by atoms with Crippen LogP contribution in [0.15, 0.2) is 16.6 Å². The Bertz CT molecular complexity index is 432. The van der Waals surface area contributed by atoms with Crippen molar-refractivity contribution in [2.45, 2.75) is 6.92 Å². The molecule has 0 aliphatic rings. The molecule has 0 fully saturated rings. The first-order valence-corrected chi connectivity index (χ1v) is 5.93. The Kier molecular flexibility index (Phi) is 3.98. The fourth-order valence-corrected chi connectivity index (χ4v) is 1.83. The smallest absolute Gasteiger partial charge is 0.284 e. The van der Waals surface area contributed by atoms with Crippen molar-refractivity contribution in [1.29, 1.82) is 0 Å². The van der Waals surface area contributed by atoms with E-state index < -0.39 is 4.92 Å². The van der Waals surface area contributed by atoms with Crippen LogP contribution in [-0.2, 0) is 0 Å². The monoisotopic (exact) mass is 335 g/mol. The Labute approximate surface area is 103 Å². The normalized spacial score (nSPS) is 10.1. The highest BCUT2D eigenvalue weighted by Crippen LogP contribution is 2.30. The Hall–Kier alpha value is -0.750. The van der Waals surface area contributed by atoms with Gasteiger partial charge in [0.15, 0.2) is 5.78 Å². The molecule has 4 nitrogen and oxygen atoms in total. The molecule has 0 bridgehead atoms. The highest BCUT2D eigenvalue weighted by atomic mass is 79.9. The number of alkyl halides is 1. The Morgan fingerprint density at radius 1 is 1.53 bits per heavy atom. The van der Waals surface area contributed by atoms with Crippen LogP contribution in [0.4, 0.5) is 5.69 Å². The van der Waals surface area contributed by atoms with Crippen LogP contribution >= 0.6 is 31.9 Å². The highest BCUT2D eigenvalue weighted by Gasteiger charge is 2.23. The molecule has 15 heavy (non-hydrogen) atoms. The summed E-state index contributed by atoms with van der Waals surface area (Å²) in [5, 5.41) is 10.9. The van der Waals surface area contributed by atoms with Gasteiger partial charge >= 0.3 is 0 Å². The third-order valence-corrected chi connectivity index (χ3v) is 3.34. The molecular formula is C9H7Br2NO3. The van der Waals surface area contributed by atoms with E-state index in [-0.39, 0.29) is 22.4 Å². The number of carbonyl (C=O) groups excluding carboxylic acids is 1. The summed E-state index contributed by atoms with van der Waals surface area (Å²) in [5.74, 6) is -0.294. The maximum Gasteiger partial charge on any atom is 0.284 e. The van der Waals surface area contributed by atoms with Crippen LogP contribution < -0.4 is 0 Å². The van der Waals surface area contributed by atoms with Crippen LogP contribution in [0.5, 0.6) is 0 Å². The van der Waals surface area contributed by atoms with Crippen molar-refractivity contribution in [3.05, 3.63) is 37.8 Å². The van der Waals surface area contributed by atoms with E-state index in [1.54, 1.807) is 13.0 Å². The van der Waals surface area contributed by atoms with Gasteiger partial charge in [-0.15, -0.1) is 0 Å². The van der Waals surface area contributed by atoms with Crippen LogP contribution in [0.1, 0.15) is 15.9 Å². The summed E-state index contributed by atoms with van der Waals surface area (Å²) in [5.41, 5.74) is 0.471. The standard InChI is InChI=1S/C9H7Br2NO3/c1-5-7(11)3-2-6(8(13)4-10)9(5)12(14)15/h2-3H,4H2,1H3. The number of hydrogen-bond donors (Lipinski definition) is 0. The lowest BCUT2D eigenvalue weighted by Gasteiger charge is -2.04. The number of halogens is 2. The first-order valence-electron chi connectivity index (χ1n) is 4.01. The summed E-state index contributed by atoms with van der Waals surface area (Å²) in [6.45, 7) is 1.60. The molecule has 0 N–H and O–H groups in total. The Morgan fingerprint density at radius 2 is 2.13 bits per heavy atom. The van der Waals surface area contributed by atoms with Crippen LogP contribution in [0, 0.1) is 17.0 Å². The van der Waals surface area contributed by atoms with Gasteiger partial charge in [-0.1, -0.05) is 31.9 Å². The molecule has 0 saturated heterocycles. The maximum atomic E-state index is 11.4. The van der Waals surface area contributed by atoms with Crippen molar-refractivity contribution < 1.29 is 9.72 Å². The van der Waals surface area contributed by atoms with Gasteiger partial charge in [0, 0.05) is 10.0 Å². The average molecular weight is 337 g/mol. The quantitative estimate of drug-likeness (QED) is 0.368. The molecule has 0 atom stereocenters. The predicted octanol–water partition coefficient (Wildman–Crippen LogP) is 3.24. The molecule has 0 spiro atoms. The lowest BCUT2D eigenvalue weighted by molar-refractivity contribution is -0.385. The second-order valence-electron chi connectivity index (χ2n) is 2.88. The van der Waals surface area contributed by atoms with E-state index in [9.17, 15) is 14.9 Å². The molecule has 0 unspecified atom stereocenters. The minimum absolute atomic E-state index is 0.0783. The topological polar surface area (TPSA) is 60.2 Å². The zero-order valence-electron chi connectivity index (χ0n) is 7.79. The highest BCUT2D eigenvalue weighted by molar-refractivity contribution is 9.10. The lowest BCUT2D eigenvalue weighted by atomic mass is 10.1. The van der Waals surface area contributed by atoms with Gasteiger partial charge in [0.2, 0.25) is 0 Å². The second kappa shape index (κ2) is 4.85. The number of nitrogens with zero attached hydrogens (tertiary/aromatic N) is 1. The zero-order valence-corrected chi connectivity index (χ0v) is 11.0. The van der Waals surface area contributed by atoms with Crippen molar-refractivity contribution in [3.8, 4) is 0 Å². The maximum absolute atomic E-state index is 11.4. The Balaban J connectivity index is 3.46. The molecule has 1 aromatic rings. The van der Waals surface area contributed by atoms with Crippen molar-refractivity contribution in [2.24, 2.45) is 0 Å². The van der Waals surface area contributed by atoms with Gasteiger partial charge in [0.25, 0.3) is 5.69 Å². The summed E-state index contributed by atoms with van der Waals surface area (Å²) in [6, 6.07) is 3.09. The SMILES string of the molecule is Cc1c(Br)ccc(C(=O)CBr)c1[N+](=O)[O-]. The van der Waals surface area contributed by atoms with Crippen molar-refractivity contribution in [3.63, 3.8) is 0 Å². The number of carbonyl (C=O) groups is 1. The molecule has 1 aromatic carbocycles. The molecule has 0 aromatic heterocycles. The molecule has 6 heteroatoms. The van der Waals surface area contributed by atoms with Gasteiger partial charge < -0.3 is 0 Å². The predicted molar refractivity (Wildman–Crippen MR) is 63.7 cm³/mol. The summed E-state index contributed by atoms with van der Waals surface area (Å²) < 4.78 is 0.625. The fraction of sp³-hybridized carbons (Fsp3) is 0.222. The number of nitro groups is 1. The largest absolute Gasteiger partial charge is 0.293 e. The molecule has 0 radical (unpaired) electrons. The second-order valence-corrected chi connectivity index (χ2v) is 4.30. The number of ketones is 1. The first kappa shape index (κ1) is 12.3. The number of hydrogen-bond acceptors (Lipinski definition) is 3. The molecule has 0 aliphatic carbocycles. The van der Waals surface area contributed by atoms with E-state index in [0.717, 1.165) is 0 Å². The lowest BCUT2D eigenvalue weighted by Crippen LogP contribution is -2.06. The molecule has 0 amide bonds. The molecule has 1 rings (SSSR count). The average Bonchev–Trinajstić information content (AvgIpc) is 2.20. The third-order valence-electron chi connectivity index (χ3n) is 1.97. The van der Waals surface area contributed by atoms with Gasteiger partial charge in [-0.05, 0) is 19.1 Å². The van der Waals surface area contributed by atoms with Crippen molar-refractivity contribution in [1.82, 2.24) is 0 Å². The minimum atomic E-state index is -0.532. The van der Waals surface area contributed by atoms with E-state index in [4.69, 9.17) is 0 Å². The minimum Gasteiger partial charge on any atom is -0.293 e. The first-order chi connectivity index (χ1) is 6.99. The van der Waals surface area contributed by atoms with Gasteiger partial charge in [0.1, 0.15) is 0 Å². The Morgan fingerprint density at radius 3 is 2.60 bits per heavy atom. The van der Waals surface area contributed by atoms with Gasteiger partial charge in [-0.2, -0.15) is 0 Å². The molecule has 0 aliphatic heterocycles. The third kappa shape index (κ3) is 2.43. The van der Waals surface area contributed by atoms with Crippen LogP contribution in [-0.4, -0.2) is 16.0 Å². The molecule has 0 heterocycles. The van der Waals surface area contributed by atoms with E-state index in [1.165, 1.54) is 6.07 Å². The summed E-state index contributed by atoms with van der Waals surface area (Å²) >= 11 is 6.19. The summed E-state index contributed by atoms with van der Waals surface area (Å²) in [4.78, 5) is 21.7. The van der Waals surface area contributed by atoms with Crippen LogP contribution in [0.2, 0.25) is 0 Å². The number of nitro benzene ring substituents is 1. The van der Waals surface area contributed by atoms with Crippen LogP contribution in [0.3, 0.4) is 0 Å². The molecule has 80 valence electrons. The molecular weight excluding hydrogens is 330 g/mol. The van der Waals surface area contributed by atoms with Gasteiger partial charge in [-0.3, -0.25) is 14.9 Å². The number of Topliss-reactive ketones (excluding diaryl/α,β-unsaturated/α-hetero) is 1. The fourth-order valence-electron chi connectivity index (χ4n) is 1.21. The summed E-state index contributed by atoms with van der Waals surface area (Å²) in [7, 11) is 0.